The lowest BCUT2D eigenvalue weighted by Gasteiger charge is -2.39. The number of nitrogens with zero attached hydrogens (tertiary/aromatic N) is 5. The molecule has 38 heavy (non-hydrogen) atoms. The largest absolute Gasteiger partial charge is 0.384 e. The molecule has 2 aliphatic rings. The van der Waals surface area contributed by atoms with E-state index in [1.165, 1.54) is 18.4 Å². The van der Waals surface area contributed by atoms with Crippen molar-refractivity contribution < 1.29 is 14.7 Å². The lowest BCUT2D eigenvalue weighted by Crippen LogP contribution is -2.49. The summed E-state index contributed by atoms with van der Waals surface area (Å²) in [6, 6.07) is 13.9. The molecule has 2 saturated heterocycles. The van der Waals surface area contributed by atoms with E-state index >= 15 is 0 Å². The second kappa shape index (κ2) is 9.33. The lowest BCUT2D eigenvalue weighted by molar-refractivity contribution is -0.144. The molecule has 0 radical (unpaired) electrons. The van der Waals surface area contributed by atoms with Crippen LogP contribution in [0.15, 0.2) is 54.9 Å². The van der Waals surface area contributed by atoms with Crippen LogP contribution >= 0.6 is 0 Å². The Balaban J connectivity index is 1.40. The topological polar surface area (TPSA) is 127 Å². The number of ketones is 1. The predicted molar refractivity (Wildman–Crippen MR) is 143 cm³/mol. The third-order valence-electron chi connectivity index (χ3n) is 7.94. The van der Waals surface area contributed by atoms with Gasteiger partial charge in [-0.3, -0.25) is 14.6 Å². The molecule has 2 bridgehead atoms. The van der Waals surface area contributed by atoms with Gasteiger partial charge < -0.3 is 15.7 Å². The van der Waals surface area contributed by atoms with Crippen LogP contribution in [0.3, 0.4) is 0 Å². The van der Waals surface area contributed by atoms with Crippen LogP contribution < -0.4 is 5.73 Å². The molecule has 5 heterocycles. The Bertz CT molecular complexity index is 1520. The van der Waals surface area contributed by atoms with Gasteiger partial charge in [-0.05, 0) is 45.6 Å². The van der Waals surface area contributed by atoms with E-state index in [4.69, 9.17) is 10.7 Å². The zero-order valence-corrected chi connectivity index (χ0v) is 21.4. The summed E-state index contributed by atoms with van der Waals surface area (Å²) in [6.45, 7) is 3.01. The van der Waals surface area contributed by atoms with Crippen LogP contribution in [0.1, 0.15) is 61.5 Å². The predicted octanol–water partition coefficient (Wildman–Crippen LogP) is 3.86. The third kappa shape index (κ3) is 3.94. The normalized spacial score (nSPS) is 21.6. The van der Waals surface area contributed by atoms with Crippen molar-refractivity contribution in [1.29, 1.82) is 0 Å². The van der Waals surface area contributed by atoms with E-state index < -0.39 is 6.10 Å². The van der Waals surface area contributed by atoms with Crippen LogP contribution in [0.5, 0.6) is 0 Å². The standard InChI is InChI=1S/C29H30N6O3/c1-16(36)25-26(20-12-21-9-10-22(13-20)34(21)29(38)17(2)37)33-28-23(15-32-35(28)27(25)30)19-8-11-24(31-14-19)18-6-4-3-5-7-18/h3-8,11,14-15,17,20-22,37H,9-10,12-13,30H2,1-2H3/t17-,20?,21?,22?/m0/s1. The summed E-state index contributed by atoms with van der Waals surface area (Å²) in [6.07, 6.45) is 5.59. The van der Waals surface area contributed by atoms with E-state index in [1.54, 1.807) is 12.4 Å². The van der Waals surface area contributed by atoms with Crippen molar-refractivity contribution in [1.82, 2.24) is 24.5 Å². The Labute approximate surface area is 220 Å². The Morgan fingerprint density at radius 2 is 1.74 bits per heavy atom. The Morgan fingerprint density at radius 3 is 2.34 bits per heavy atom. The molecule has 3 atom stereocenters. The van der Waals surface area contributed by atoms with Gasteiger partial charge in [0.15, 0.2) is 11.4 Å². The number of anilines is 1. The minimum atomic E-state index is -1.02. The maximum atomic E-state index is 12.8. The van der Waals surface area contributed by atoms with Gasteiger partial charge in [0, 0.05) is 40.9 Å². The van der Waals surface area contributed by atoms with Crippen LogP contribution in [0.25, 0.3) is 28.0 Å². The Morgan fingerprint density at radius 1 is 1.03 bits per heavy atom. The van der Waals surface area contributed by atoms with Crippen molar-refractivity contribution in [2.75, 3.05) is 5.73 Å². The highest BCUT2D eigenvalue weighted by atomic mass is 16.3. The number of carbonyl (C=O) groups is 2. The molecule has 3 N–H and O–H groups in total. The van der Waals surface area contributed by atoms with Crippen molar-refractivity contribution in [2.45, 2.75) is 63.6 Å². The highest BCUT2D eigenvalue weighted by Crippen LogP contribution is 2.44. The number of amides is 1. The molecule has 1 aromatic carbocycles. The zero-order valence-electron chi connectivity index (χ0n) is 21.4. The van der Waals surface area contributed by atoms with Crippen LogP contribution in [0, 0.1) is 0 Å². The number of Topliss-reactive ketones (excluding diaryl/α,β-unsaturated/α-hetero) is 1. The van der Waals surface area contributed by atoms with E-state index in [2.05, 4.69) is 10.1 Å². The molecule has 1 amide bonds. The van der Waals surface area contributed by atoms with Crippen molar-refractivity contribution in [3.8, 4) is 22.4 Å². The molecular formula is C29H30N6O3. The zero-order chi connectivity index (χ0) is 26.6. The summed E-state index contributed by atoms with van der Waals surface area (Å²) in [5, 5.41) is 14.4. The first-order valence-electron chi connectivity index (χ1n) is 13.0. The van der Waals surface area contributed by atoms with Gasteiger partial charge in [0.05, 0.1) is 23.1 Å². The first kappa shape index (κ1) is 24.2. The Kier molecular flexibility index (Phi) is 5.95. The average Bonchev–Trinajstić information content (AvgIpc) is 3.46. The molecule has 194 valence electrons. The fourth-order valence-electron chi connectivity index (χ4n) is 6.20. The summed E-state index contributed by atoms with van der Waals surface area (Å²) >= 11 is 0. The number of pyridine rings is 1. The second-order valence-electron chi connectivity index (χ2n) is 10.4. The van der Waals surface area contributed by atoms with E-state index in [0.717, 1.165) is 35.2 Å². The van der Waals surface area contributed by atoms with E-state index in [9.17, 15) is 14.7 Å². The number of aliphatic hydroxyl groups is 1. The average molecular weight is 511 g/mol. The highest BCUT2D eigenvalue weighted by Gasteiger charge is 2.45. The molecule has 4 aromatic rings. The van der Waals surface area contributed by atoms with Crippen LogP contribution in [0.2, 0.25) is 0 Å². The minimum absolute atomic E-state index is 0.0130. The summed E-state index contributed by atoms with van der Waals surface area (Å²) in [5.74, 6) is -0.145. The van der Waals surface area contributed by atoms with Gasteiger partial charge in [0.1, 0.15) is 11.9 Å². The van der Waals surface area contributed by atoms with Gasteiger partial charge in [-0.2, -0.15) is 9.61 Å². The molecule has 2 aliphatic heterocycles. The first-order valence-corrected chi connectivity index (χ1v) is 13.0. The maximum Gasteiger partial charge on any atom is 0.251 e. The number of nitrogen functional groups attached to an aromatic ring is 1. The smallest absolute Gasteiger partial charge is 0.251 e. The second-order valence-corrected chi connectivity index (χ2v) is 10.4. The first-order chi connectivity index (χ1) is 18.3. The van der Waals surface area contributed by atoms with E-state index in [1.807, 2.05) is 47.4 Å². The van der Waals surface area contributed by atoms with Gasteiger partial charge in [-0.25, -0.2) is 4.98 Å². The number of aliphatic hydroxyl groups excluding tert-OH is 1. The van der Waals surface area contributed by atoms with Crippen molar-refractivity contribution in [2.24, 2.45) is 0 Å². The van der Waals surface area contributed by atoms with Crippen molar-refractivity contribution in [3.05, 3.63) is 66.1 Å². The van der Waals surface area contributed by atoms with Crippen molar-refractivity contribution in [3.63, 3.8) is 0 Å². The van der Waals surface area contributed by atoms with Gasteiger partial charge >= 0.3 is 0 Å². The monoisotopic (exact) mass is 510 g/mol. The number of nitrogens with two attached hydrogens (primary N) is 1. The number of hydrogen-bond donors (Lipinski definition) is 2. The maximum absolute atomic E-state index is 12.8. The molecule has 0 saturated carbocycles. The molecule has 6 rings (SSSR count). The number of fused-ring (bicyclic) bond motifs is 3. The number of aromatic nitrogens is 4. The fourth-order valence-corrected chi connectivity index (χ4v) is 6.20. The summed E-state index contributed by atoms with van der Waals surface area (Å²) in [7, 11) is 0. The molecule has 9 heteroatoms. The van der Waals surface area contributed by atoms with Gasteiger partial charge in [-0.15, -0.1) is 0 Å². The van der Waals surface area contributed by atoms with Crippen molar-refractivity contribution >= 4 is 23.2 Å². The SMILES string of the molecule is CC(=O)c1c(C2CC3CCC(C2)N3C(=O)[C@H](C)O)nc2c(-c3ccc(-c4ccccc4)nc3)cnn2c1N. The molecule has 3 aromatic heterocycles. The number of hydrogen-bond acceptors (Lipinski definition) is 7. The lowest BCUT2D eigenvalue weighted by atomic mass is 9.85. The quantitative estimate of drug-likeness (QED) is 0.390. The summed E-state index contributed by atoms with van der Waals surface area (Å²) < 4.78 is 1.53. The van der Waals surface area contributed by atoms with Crippen LogP contribution in [-0.4, -0.2) is 59.5 Å². The van der Waals surface area contributed by atoms with Crippen LogP contribution in [-0.2, 0) is 4.79 Å². The van der Waals surface area contributed by atoms with E-state index in [0.29, 0.717) is 29.7 Å². The number of benzene rings is 1. The molecular weight excluding hydrogens is 480 g/mol. The molecule has 2 fully saturated rings. The van der Waals surface area contributed by atoms with Gasteiger partial charge in [0.25, 0.3) is 5.91 Å². The molecule has 0 aliphatic carbocycles. The molecule has 0 spiro atoms. The summed E-state index contributed by atoms with van der Waals surface area (Å²) in [5.41, 5.74) is 11.7. The minimum Gasteiger partial charge on any atom is -0.384 e. The summed E-state index contributed by atoms with van der Waals surface area (Å²) in [4.78, 5) is 37.0. The third-order valence-corrected chi connectivity index (χ3v) is 7.94. The fraction of sp³-hybridized carbons (Fsp3) is 0.345. The van der Waals surface area contributed by atoms with E-state index in [-0.39, 0.29) is 35.5 Å². The Hall–Kier alpha value is -4.11. The number of rotatable bonds is 5. The highest BCUT2D eigenvalue weighted by molar-refractivity contribution is 6.00. The van der Waals surface area contributed by atoms with Gasteiger partial charge in [0.2, 0.25) is 0 Å². The molecule has 9 nitrogen and oxygen atoms in total. The number of carbonyl (C=O) groups excluding carboxylic acids is 2. The molecule has 2 unspecified atom stereocenters. The van der Waals surface area contributed by atoms with Crippen LogP contribution in [0.4, 0.5) is 5.82 Å². The number of piperidine rings is 1. The van der Waals surface area contributed by atoms with Gasteiger partial charge in [-0.1, -0.05) is 36.4 Å².